The smallest absolute Gasteiger partial charge is 0.145 e. The van der Waals surface area contributed by atoms with Crippen molar-refractivity contribution in [3.8, 4) is 0 Å². The Kier molecular flexibility index (Phi) is 4.14. The van der Waals surface area contributed by atoms with Crippen molar-refractivity contribution in [1.29, 1.82) is 0 Å². The molecule has 0 radical (unpaired) electrons. The van der Waals surface area contributed by atoms with Crippen molar-refractivity contribution >= 4 is 5.82 Å². The molecule has 0 bridgehead atoms. The molecular formula is C13H23N5. The van der Waals surface area contributed by atoms with Gasteiger partial charge in [-0.3, -0.25) is 4.90 Å². The lowest BCUT2D eigenvalue weighted by Gasteiger charge is -2.36. The molecule has 5 nitrogen and oxygen atoms in total. The summed E-state index contributed by atoms with van der Waals surface area (Å²) in [7, 11) is 0. The van der Waals surface area contributed by atoms with E-state index in [1.54, 1.807) is 0 Å². The Morgan fingerprint density at radius 3 is 2.89 bits per heavy atom. The average Bonchev–Trinajstić information content (AvgIpc) is 2.33. The number of aromatic nitrogens is 2. The molecule has 18 heavy (non-hydrogen) atoms. The zero-order valence-electron chi connectivity index (χ0n) is 11.5. The average molecular weight is 249 g/mol. The molecule has 1 aliphatic heterocycles. The van der Waals surface area contributed by atoms with E-state index < -0.39 is 0 Å². The van der Waals surface area contributed by atoms with Crippen molar-refractivity contribution in [1.82, 2.24) is 14.9 Å². The number of piperidine rings is 1. The fourth-order valence-corrected chi connectivity index (χ4v) is 2.56. The molecule has 5 heteroatoms. The van der Waals surface area contributed by atoms with E-state index in [0.717, 1.165) is 30.5 Å². The Morgan fingerprint density at radius 2 is 2.17 bits per heavy atom. The number of hydrazine groups is 1. The van der Waals surface area contributed by atoms with Crippen LogP contribution in [0.3, 0.4) is 0 Å². The molecule has 0 spiro atoms. The molecule has 2 rings (SSSR count). The van der Waals surface area contributed by atoms with Gasteiger partial charge in [0.05, 0.1) is 6.54 Å². The zero-order valence-corrected chi connectivity index (χ0v) is 11.5. The monoisotopic (exact) mass is 249 g/mol. The summed E-state index contributed by atoms with van der Waals surface area (Å²) in [6, 6.07) is 2.46. The predicted molar refractivity (Wildman–Crippen MR) is 72.8 cm³/mol. The lowest BCUT2D eigenvalue weighted by atomic mass is 9.95. The van der Waals surface area contributed by atoms with Crippen LogP contribution < -0.4 is 11.3 Å². The summed E-state index contributed by atoms with van der Waals surface area (Å²) in [5, 5.41) is 0. The molecule has 0 amide bonds. The van der Waals surface area contributed by atoms with Gasteiger partial charge in [-0.25, -0.2) is 15.8 Å². The third-order valence-electron chi connectivity index (χ3n) is 3.64. The summed E-state index contributed by atoms with van der Waals surface area (Å²) in [5.74, 6) is 7.72. The molecule has 1 fully saturated rings. The van der Waals surface area contributed by atoms with Gasteiger partial charge in [-0.15, -0.1) is 0 Å². The Morgan fingerprint density at radius 1 is 1.39 bits per heavy atom. The van der Waals surface area contributed by atoms with Gasteiger partial charge < -0.3 is 5.43 Å². The second kappa shape index (κ2) is 5.63. The highest BCUT2D eigenvalue weighted by Gasteiger charge is 2.23. The second-order valence-electron chi connectivity index (χ2n) is 5.42. The van der Waals surface area contributed by atoms with Crippen LogP contribution in [0.5, 0.6) is 0 Å². The Labute approximate surface area is 109 Å². The van der Waals surface area contributed by atoms with Gasteiger partial charge in [0.2, 0.25) is 0 Å². The van der Waals surface area contributed by atoms with Crippen LogP contribution in [0.15, 0.2) is 6.07 Å². The maximum absolute atomic E-state index is 5.42. The zero-order chi connectivity index (χ0) is 13.1. The number of aryl methyl sites for hydroxylation is 1. The second-order valence-corrected chi connectivity index (χ2v) is 5.42. The number of hydrogen-bond donors (Lipinski definition) is 2. The highest BCUT2D eigenvalue weighted by atomic mass is 15.3. The van der Waals surface area contributed by atoms with Gasteiger partial charge in [0, 0.05) is 24.3 Å². The van der Waals surface area contributed by atoms with E-state index in [1.807, 2.05) is 13.0 Å². The van der Waals surface area contributed by atoms with Gasteiger partial charge in [0.1, 0.15) is 11.6 Å². The van der Waals surface area contributed by atoms with Gasteiger partial charge in [-0.2, -0.15) is 0 Å². The first-order chi connectivity index (χ1) is 8.58. The van der Waals surface area contributed by atoms with Crippen LogP contribution in [0.4, 0.5) is 5.82 Å². The first-order valence-electron chi connectivity index (χ1n) is 6.63. The number of nitrogen functional groups attached to an aromatic ring is 1. The molecule has 1 saturated heterocycles. The standard InChI is InChI=1S/C13H23N5/c1-9-4-5-11(3)18(7-9)8-13-15-10(2)6-12(16-13)17-14/h6,9,11H,4-5,7-8,14H2,1-3H3,(H,15,16,17). The van der Waals surface area contributed by atoms with Gasteiger partial charge in [0.15, 0.2) is 0 Å². The molecule has 2 heterocycles. The lowest BCUT2D eigenvalue weighted by molar-refractivity contribution is 0.114. The summed E-state index contributed by atoms with van der Waals surface area (Å²) >= 11 is 0. The predicted octanol–water partition coefficient (Wildman–Crippen LogP) is 1.69. The molecular weight excluding hydrogens is 226 g/mol. The fourth-order valence-electron chi connectivity index (χ4n) is 2.56. The van der Waals surface area contributed by atoms with E-state index in [-0.39, 0.29) is 0 Å². The number of nitrogens with one attached hydrogen (secondary N) is 1. The fraction of sp³-hybridized carbons (Fsp3) is 0.692. The van der Waals surface area contributed by atoms with Gasteiger partial charge in [-0.05, 0) is 32.6 Å². The van der Waals surface area contributed by atoms with Crippen LogP contribution in [0.1, 0.15) is 38.2 Å². The lowest BCUT2D eigenvalue weighted by Crippen LogP contribution is -2.40. The van der Waals surface area contributed by atoms with E-state index in [1.165, 1.54) is 12.8 Å². The van der Waals surface area contributed by atoms with Gasteiger partial charge in [0.25, 0.3) is 0 Å². The van der Waals surface area contributed by atoms with Crippen molar-refractivity contribution in [2.75, 3.05) is 12.0 Å². The van der Waals surface area contributed by atoms with E-state index in [0.29, 0.717) is 11.9 Å². The summed E-state index contributed by atoms with van der Waals surface area (Å²) in [6.07, 6.45) is 2.58. The normalized spacial score (nSPS) is 25.1. The Balaban J connectivity index is 2.10. The van der Waals surface area contributed by atoms with E-state index in [2.05, 4.69) is 34.1 Å². The maximum Gasteiger partial charge on any atom is 0.145 e. The summed E-state index contributed by atoms with van der Waals surface area (Å²) < 4.78 is 0. The Hall–Kier alpha value is -1.20. The highest BCUT2D eigenvalue weighted by Crippen LogP contribution is 2.22. The van der Waals surface area contributed by atoms with Crippen LogP contribution in [-0.4, -0.2) is 27.5 Å². The minimum Gasteiger partial charge on any atom is -0.308 e. The van der Waals surface area contributed by atoms with Crippen molar-refractivity contribution in [3.05, 3.63) is 17.6 Å². The number of anilines is 1. The SMILES string of the molecule is Cc1cc(NN)nc(CN2CC(C)CCC2C)n1. The molecule has 0 aliphatic carbocycles. The number of nitrogens with zero attached hydrogens (tertiary/aromatic N) is 3. The van der Waals surface area contributed by atoms with Crippen molar-refractivity contribution in [2.45, 2.75) is 46.2 Å². The van der Waals surface area contributed by atoms with Gasteiger partial charge in [-0.1, -0.05) is 6.92 Å². The van der Waals surface area contributed by atoms with Crippen LogP contribution in [0.2, 0.25) is 0 Å². The molecule has 1 aromatic rings. The van der Waals surface area contributed by atoms with E-state index in [9.17, 15) is 0 Å². The highest BCUT2D eigenvalue weighted by molar-refractivity contribution is 5.33. The van der Waals surface area contributed by atoms with E-state index >= 15 is 0 Å². The van der Waals surface area contributed by atoms with Crippen molar-refractivity contribution in [3.63, 3.8) is 0 Å². The summed E-state index contributed by atoms with van der Waals surface area (Å²) in [5.41, 5.74) is 3.55. The third kappa shape index (κ3) is 3.17. The van der Waals surface area contributed by atoms with Crippen LogP contribution >= 0.6 is 0 Å². The summed E-state index contributed by atoms with van der Waals surface area (Å²) in [6.45, 7) is 8.49. The molecule has 2 atom stereocenters. The molecule has 1 aliphatic rings. The Bertz CT molecular complexity index is 406. The maximum atomic E-state index is 5.42. The number of nitrogens with two attached hydrogens (primary N) is 1. The minimum atomic E-state index is 0.611. The first kappa shape index (κ1) is 13.2. The van der Waals surface area contributed by atoms with Crippen LogP contribution in [-0.2, 0) is 6.54 Å². The van der Waals surface area contributed by atoms with Crippen LogP contribution in [0.25, 0.3) is 0 Å². The van der Waals surface area contributed by atoms with Crippen molar-refractivity contribution in [2.24, 2.45) is 11.8 Å². The third-order valence-corrected chi connectivity index (χ3v) is 3.64. The van der Waals surface area contributed by atoms with Gasteiger partial charge >= 0.3 is 0 Å². The molecule has 3 N–H and O–H groups in total. The largest absolute Gasteiger partial charge is 0.308 e. The molecule has 2 unspecified atom stereocenters. The number of hydrogen-bond acceptors (Lipinski definition) is 5. The topological polar surface area (TPSA) is 67.1 Å². The molecule has 1 aromatic heterocycles. The number of rotatable bonds is 3. The van der Waals surface area contributed by atoms with E-state index in [4.69, 9.17) is 5.84 Å². The first-order valence-corrected chi connectivity index (χ1v) is 6.63. The minimum absolute atomic E-state index is 0.611. The molecule has 0 saturated carbocycles. The summed E-state index contributed by atoms with van der Waals surface area (Å²) in [4.78, 5) is 11.4. The molecule has 100 valence electrons. The number of likely N-dealkylation sites (tertiary alicyclic amines) is 1. The quantitative estimate of drug-likeness (QED) is 0.630. The molecule has 0 aromatic carbocycles. The van der Waals surface area contributed by atoms with Crippen molar-refractivity contribution < 1.29 is 0 Å². The van der Waals surface area contributed by atoms with Crippen LogP contribution in [0, 0.1) is 12.8 Å².